The first-order chi connectivity index (χ1) is 9.84. The average Bonchev–Trinajstić information content (AvgIpc) is 2.92. The molecular formula is C15H11N5. The van der Waals surface area contributed by atoms with Crippen molar-refractivity contribution in [3.63, 3.8) is 0 Å². The van der Waals surface area contributed by atoms with Gasteiger partial charge in [0.05, 0.1) is 5.69 Å². The third-order valence-electron chi connectivity index (χ3n) is 3.37. The van der Waals surface area contributed by atoms with E-state index in [0.29, 0.717) is 5.82 Å². The minimum atomic E-state index is 0.710. The Bertz CT molecular complexity index is 912. The molecule has 1 aromatic carbocycles. The van der Waals surface area contributed by atoms with Crippen LogP contribution in [0.4, 0.5) is 0 Å². The molecule has 3 aromatic heterocycles. The Morgan fingerprint density at radius 1 is 0.950 bits per heavy atom. The molecule has 0 aliphatic carbocycles. The van der Waals surface area contributed by atoms with Crippen LogP contribution in [-0.4, -0.2) is 24.8 Å². The molecule has 0 saturated heterocycles. The predicted octanol–water partition coefficient (Wildman–Crippen LogP) is 2.65. The number of nitrogens with zero attached hydrogens (tertiary/aromatic N) is 5. The highest BCUT2D eigenvalue weighted by atomic mass is 15.4. The molecule has 0 saturated carbocycles. The summed E-state index contributed by atoms with van der Waals surface area (Å²) >= 11 is 0. The highest BCUT2D eigenvalue weighted by Gasteiger charge is 2.13. The average molecular weight is 261 g/mol. The molecule has 0 fully saturated rings. The molecule has 0 aliphatic heterocycles. The summed E-state index contributed by atoms with van der Waals surface area (Å²) in [5, 5.41) is 15.3. The largest absolute Gasteiger partial charge is 0.264 e. The van der Waals surface area contributed by atoms with Gasteiger partial charge in [0.2, 0.25) is 0 Å². The minimum Gasteiger partial charge on any atom is -0.264 e. The first kappa shape index (κ1) is 11.0. The van der Waals surface area contributed by atoms with Gasteiger partial charge < -0.3 is 0 Å². The predicted molar refractivity (Wildman–Crippen MR) is 76.3 cm³/mol. The van der Waals surface area contributed by atoms with Gasteiger partial charge in [0, 0.05) is 28.7 Å². The number of benzene rings is 1. The van der Waals surface area contributed by atoms with Gasteiger partial charge in [-0.05, 0) is 19.1 Å². The van der Waals surface area contributed by atoms with Crippen LogP contribution in [0.1, 0.15) is 5.69 Å². The molecule has 0 radical (unpaired) electrons. The maximum Gasteiger partial charge on any atom is 0.186 e. The highest BCUT2D eigenvalue weighted by molar-refractivity contribution is 5.95. The fourth-order valence-corrected chi connectivity index (χ4v) is 2.41. The second-order valence-corrected chi connectivity index (χ2v) is 4.63. The van der Waals surface area contributed by atoms with Gasteiger partial charge in [-0.3, -0.25) is 4.98 Å². The van der Waals surface area contributed by atoms with E-state index in [1.165, 1.54) is 0 Å². The van der Waals surface area contributed by atoms with E-state index < -0.39 is 0 Å². The van der Waals surface area contributed by atoms with Gasteiger partial charge in [-0.15, -0.1) is 10.2 Å². The second-order valence-electron chi connectivity index (χ2n) is 4.63. The van der Waals surface area contributed by atoms with Crippen molar-refractivity contribution in [2.75, 3.05) is 0 Å². The van der Waals surface area contributed by atoms with E-state index in [2.05, 4.69) is 26.3 Å². The Balaban J connectivity index is 2.12. The maximum absolute atomic E-state index is 4.60. The van der Waals surface area contributed by atoms with Crippen molar-refractivity contribution in [3.05, 3.63) is 54.5 Å². The summed E-state index contributed by atoms with van der Waals surface area (Å²) in [6, 6.07) is 11.9. The van der Waals surface area contributed by atoms with Crippen molar-refractivity contribution in [2.45, 2.75) is 6.92 Å². The van der Waals surface area contributed by atoms with Gasteiger partial charge in [0.25, 0.3) is 0 Å². The van der Waals surface area contributed by atoms with Crippen LogP contribution in [0.2, 0.25) is 0 Å². The Kier molecular flexibility index (Phi) is 2.26. The first-order valence-corrected chi connectivity index (χ1v) is 6.36. The molecule has 0 spiro atoms. The summed E-state index contributed by atoms with van der Waals surface area (Å²) in [4.78, 5) is 4.12. The molecule has 4 aromatic rings. The number of aromatic nitrogens is 5. The lowest BCUT2D eigenvalue weighted by molar-refractivity contribution is 0.914. The molecule has 3 heterocycles. The summed E-state index contributed by atoms with van der Waals surface area (Å²) in [5.74, 6) is 0.710. The molecule has 5 heteroatoms. The summed E-state index contributed by atoms with van der Waals surface area (Å²) < 4.78 is 1.79. The summed E-state index contributed by atoms with van der Waals surface area (Å²) in [5.41, 5.74) is 2.63. The Labute approximate surface area is 114 Å². The van der Waals surface area contributed by atoms with E-state index in [0.717, 1.165) is 27.7 Å². The Morgan fingerprint density at radius 2 is 1.80 bits per heavy atom. The van der Waals surface area contributed by atoms with Gasteiger partial charge in [-0.1, -0.05) is 24.3 Å². The second kappa shape index (κ2) is 4.09. The topological polar surface area (TPSA) is 56.0 Å². The number of aryl methyl sites for hydroxylation is 1. The van der Waals surface area contributed by atoms with Crippen molar-refractivity contribution >= 4 is 16.4 Å². The molecule has 0 unspecified atom stereocenters. The van der Waals surface area contributed by atoms with E-state index in [1.54, 1.807) is 16.9 Å². The zero-order valence-electron chi connectivity index (χ0n) is 10.9. The van der Waals surface area contributed by atoms with E-state index in [4.69, 9.17) is 0 Å². The molecule has 0 aliphatic rings. The number of hydrogen-bond acceptors (Lipinski definition) is 4. The van der Waals surface area contributed by atoms with Crippen LogP contribution in [0.25, 0.3) is 27.8 Å². The summed E-state index contributed by atoms with van der Waals surface area (Å²) in [6.45, 7) is 1.99. The van der Waals surface area contributed by atoms with E-state index in [9.17, 15) is 0 Å². The van der Waals surface area contributed by atoms with Gasteiger partial charge in [0.1, 0.15) is 0 Å². The van der Waals surface area contributed by atoms with Crippen molar-refractivity contribution in [1.29, 1.82) is 0 Å². The maximum atomic E-state index is 4.60. The summed E-state index contributed by atoms with van der Waals surface area (Å²) in [6.07, 6.45) is 3.50. The van der Waals surface area contributed by atoms with E-state index >= 15 is 0 Å². The van der Waals surface area contributed by atoms with Gasteiger partial charge in [-0.2, -0.15) is 9.61 Å². The van der Waals surface area contributed by atoms with Crippen LogP contribution >= 0.6 is 0 Å². The molecule has 4 rings (SSSR count). The van der Waals surface area contributed by atoms with Crippen LogP contribution in [-0.2, 0) is 0 Å². The van der Waals surface area contributed by atoms with E-state index in [-0.39, 0.29) is 0 Å². The van der Waals surface area contributed by atoms with Crippen LogP contribution in [0, 0.1) is 6.92 Å². The van der Waals surface area contributed by atoms with Crippen molar-refractivity contribution in [2.24, 2.45) is 0 Å². The number of hydrogen-bond donors (Lipinski definition) is 0. The fraction of sp³-hybridized carbons (Fsp3) is 0.0667. The number of fused-ring (bicyclic) bond motifs is 3. The monoisotopic (exact) mass is 261 g/mol. The van der Waals surface area contributed by atoms with Crippen LogP contribution in [0.15, 0.2) is 48.8 Å². The van der Waals surface area contributed by atoms with Gasteiger partial charge >= 0.3 is 0 Å². The SMILES string of the molecule is Cc1nn2c(-c3cccnc3)nnc2c2ccccc12. The number of rotatable bonds is 1. The fourth-order valence-electron chi connectivity index (χ4n) is 2.41. The Morgan fingerprint density at radius 3 is 2.60 bits per heavy atom. The molecule has 0 bridgehead atoms. The van der Waals surface area contributed by atoms with E-state index in [1.807, 2.05) is 37.3 Å². The van der Waals surface area contributed by atoms with Gasteiger partial charge in [-0.25, -0.2) is 0 Å². The van der Waals surface area contributed by atoms with Crippen LogP contribution in [0.3, 0.4) is 0 Å². The van der Waals surface area contributed by atoms with Crippen molar-refractivity contribution in [1.82, 2.24) is 24.8 Å². The third kappa shape index (κ3) is 1.50. The van der Waals surface area contributed by atoms with Crippen LogP contribution < -0.4 is 0 Å². The lowest BCUT2D eigenvalue weighted by Gasteiger charge is -2.04. The minimum absolute atomic E-state index is 0.710. The lowest BCUT2D eigenvalue weighted by atomic mass is 10.1. The van der Waals surface area contributed by atoms with Crippen molar-refractivity contribution < 1.29 is 0 Å². The molecule has 0 atom stereocenters. The number of pyridine rings is 1. The molecule has 0 amide bonds. The molecule has 0 N–H and O–H groups in total. The van der Waals surface area contributed by atoms with Gasteiger partial charge in [0.15, 0.2) is 11.5 Å². The Hall–Kier alpha value is -2.82. The molecule has 20 heavy (non-hydrogen) atoms. The molecular weight excluding hydrogens is 250 g/mol. The highest BCUT2D eigenvalue weighted by Crippen LogP contribution is 2.23. The third-order valence-corrected chi connectivity index (χ3v) is 3.37. The lowest BCUT2D eigenvalue weighted by Crippen LogP contribution is -1.99. The zero-order valence-corrected chi connectivity index (χ0v) is 10.9. The standard InChI is InChI=1S/C15H11N5/c1-10-12-6-2-3-7-13(12)15-18-17-14(20(15)19-10)11-5-4-8-16-9-11/h2-9H,1H3. The molecule has 96 valence electrons. The summed E-state index contributed by atoms with van der Waals surface area (Å²) in [7, 11) is 0. The first-order valence-electron chi connectivity index (χ1n) is 6.36. The smallest absolute Gasteiger partial charge is 0.186 e. The normalized spacial score (nSPS) is 11.2. The van der Waals surface area contributed by atoms with Crippen molar-refractivity contribution in [3.8, 4) is 11.4 Å². The molecule has 5 nitrogen and oxygen atoms in total. The zero-order chi connectivity index (χ0) is 13.5. The quantitative estimate of drug-likeness (QED) is 0.528. The van der Waals surface area contributed by atoms with Crippen LogP contribution in [0.5, 0.6) is 0 Å².